The lowest BCUT2D eigenvalue weighted by Crippen LogP contribution is -2.36. The van der Waals surface area contributed by atoms with Gasteiger partial charge in [0.25, 0.3) is 0 Å². The minimum absolute atomic E-state index is 0. The number of rotatable bonds is 6. The van der Waals surface area contributed by atoms with Gasteiger partial charge in [0.15, 0.2) is 0 Å². The van der Waals surface area contributed by atoms with E-state index in [0.717, 1.165) is 40.7 Å². The largest absolute Gasteiger partial charge is 0.278 e. The monoisotopic (exact) mass is 374 g/mol. The van der Waals surface area contributed by atoms with Crippen LogP contribution in [0.4, 0.5) is 0 Å². The van der Waals surface area contributed by atoms with E-state index in [4.69, 9.17) is 4.98 Å². The lowest BCUT2D eigenvalue weighted by Gasteiger charge is -2.24. The summed E-state index contributed by atoms with van der Waals surface area (Å²) in [6.07, 6.45) is 3.69. The number of aromatic nitrogens is 3. The molecule has 0 aliphatic rings. The fourth-order valence-corrected chi connectivity index (χ4v) is 3.62. The fraction of sp³-hybridized carbons (Fsp3) is 0.400. The Morgan fingerprint density at radius 2 is 2.08 bits per heavy atom. The number of benzene rings is 1. The van der Waals surface area contributed by atoms with E-state index in [1.54, 1.807) is 0 Å². The number of hydrogen-bond acceptors (Lipinski definition) is 3. The second-order valence-corrected chi connectivity index (χ2v) is 9.46. The molecule has 1 aromatic carbocycles. The first kappa shape index (κ1) is 18.7. The Morgan fingerprint density at radius 3 is 2.81 bits per heavy atom. The summed E-state index contributed by atoms with van der Waals surface area (Å²) in [4.78, 5) is 4.86. The lowest BCUT2D eigenvalue weighted by atomic mass is 10.1. The van der Waals surface area contributed by atoms with Crippen LogP contribution in [0.3, 0.4) is 0 Å². The van der Waals surface area contributed by atoms with E-state index in [-0.39, 0.29) is 13.6 Å². The van der Waals surface area contributed by atoms with Crippen molar-refractivity contribution in [2.45, 2.75) is 51.3 Å². The highest BCUT2D eigenvalue weighted by atomic mass is 32.2. The van der Waals surface area contributed by atoms with Gasteiger partial charge in [-0.3, -0.25) is 10.1 Å². The third kappa shape index (κ3) is 4.19. The number of aromatic amines is 1. The first-order valence-corrected chi connectivity index (χ1v) is 10.1. The summed E-state index contributed by atoms with van der Waals surface area (Å²) in [7, 11) is -1.14. The Hall–Kier alpha value is -2.05. The second kappa shape index (κ2) is 7.68. The third-order valence-electron chi connectivity index (χ3n) is 4.25. The predicted octanol–water partition coefficient (Wildman–Crippen LogP) is 5.01. The first-order chi connectivity index (χ1) is 12.4. The zero-order chi connectivity index (χ0) is 18.7. The smallest absolute Gasteiger partial charge is 0.0976 e. The van der Waals surface area contributed by atoms with Crippen LogP contribution < -0.4 is 4.72 Å². The van der Waals surface area contributed by atoms with Crippen molar-refractivity contribution >= 4 is 21.9 Å². The summed E-state index contributed by atoms with van der Waals surface area (Å²) in [5.41, 5.74) is 3.86. The molecule has 3 aromatic rings. The molecule has 5 nitrogen and oxygen atoms in total. The van der Waals surface area contributed by atoms with E-state index in [2.05, 4.69) is 34.0 Å². The molecule has 142 valence electrons. The van der Waals surface area contributed by atoms with Crippen molar-refractivity contribution in [2.75, 3.05) is 0 Å². The summed E-state index contributed by atoms with van der Waals surface area (Å²) in [6, 6.07) is 12.1. The highest BCUT2D eigenvalue weighted by Crippen LogP contribution is 2.25. The molecule has 2 N–H and O–H groups in total. The Bertz CT molecular complexity index is 924. The summed E-state index contributed by atoms with van der Waals surface area (Å²) >= 11 is 0. The number of hydrogen-bond donors (Lipinski definition) is 2. The maximum Gasteiger partial charge on any atom is 0.0976 e. The quantitative estimate of drug-likeness (QED) is 0.637. The van der Waals surface area contributed by atoms with Crippen molar-refractivity contribution in [1.29, 1.82) is 0 Å². The van der Waals surface area contributed by atoms with Gasteiger partial charge in [-0.15, -0.1) is 0 Å². The van der Waals surface area contributed by atoms with E-state index in [1.807, 2.05) is 51.2 Å². The topological polar surface area (TPSA) is 70.7 Å². The first-order valence-electron chi connectivity index (χ1n) is 8.97. The van der Waals surface area contributed by atoms with Crippen molar-refractivity contribution in [2.24, 2.45) is 0 Å². The van der Waals surface area contributed by atoms with Crippen LogP contribution in [-0.4, -0.2) is 24.1 Å². The maximum absolute atomic E-state index is 12.6. The Balaban J connectivity index is 0.00000196. The van der Waals surface area contributed by atoms with Crippen LogP contribution in [0.25, 0.3) is 22.2 Å². The van der Waals surface area contributed by atoms with E-state index in [0.29, 0.717) is 0 Å². The van der Waals surface area contributed by atoms with E-state index >= 15 is 0 Å². The lowest BCUT2D eigenvalue weighted by molar-refractivity contribution is 0.555. The normalized spacial score (nSPS) is 14.5. The van der Waals surface area contributed by atoms with Crippen molar-refractivity contribution in [3.63, 3.8) is 0 Å². The molecule has 1 unspecified atom stereocenters. The SMILES string of the molecule is CCC[C@H](NS(=O)C(C)(C)C)c1cccc(-c2ccc3cn[nH]c3c2)n1.[HH].[HH]. The number of H-pyrrole nitrogens is 1. The van der Waals surface area contributed by atoms with Crippen molar-refractivity contribution in [1.82, 2.24) is 19.9 Å². The molecule has 2 aromatic heterocycles. The van der Waals surface area contributed by atoms with Gasteiger partial charge in [-0.1, -0.05) is 31.5 Å². The van der Waals surface area contributed by atoms with Crippen LogP contribution in [0.15, 0.2) is 42.6 Å². The molecule has 2 atom stereocenters. The van der Waals surface area contributed by atoms with Gasteiger partial charge in [0.1, 0.15) is 0 Å². The third-order valence-corrected chi connectivity index (χ3v) is 5.86. The zero-order valence-electron chi connectivity index (χ0n) is 15.7. The maximum atomic E-state index is 12.6. The van der Waals surface area contributed by atoms with Crippen LogP contribution in [0.5, 0.6) is 0 Å². The number of nitrogens with one attached hydrogen (secondary N) is 2. The summed E-state index contributed by atoms with van der Waals surface area (Å²) in [5.74, 6) is 0. The van der Waals surface area contributed by atoms with Gasteiger partial charge in [0, 0.05) is 13.8 Å². The second-order valence-electron chi connectivity index (χ2n) is 7.46. The van der Waals surface area contributed by atoms with Crippen molar-refractivity contribution in [3.8, 4) is 11.3 Å². The average molecular weight is 375 g/mol. The van der Waals surface area contributed by atoms with Crippen LogP contribution >= 0.6 is 0 Å². The molecular weight excluding hydrogens is 344 g/mol. The molecular formula is C20H30N4OS. The Labute approximate surface area is 160 Å². The van der Waals surface area contributed by atoms with Gasteiger partial charge in [0.2, 0.25) is 0 Å². The van der Waals surface area contributed by atoms with E-state index in [9.17, 15) is 4.21 Å². The van der Waals surface area contributed by atoms with Gasteiger partial charge in [-0.05, 0) is 45.4 Å². The Morgan fingerprint density at radius 1 is 1.27 bits per heavy atom. The Kier molecular flexibility index (Phi) is 5.53. The summed E-state index contributed by atoms with van der Waals surface area (Å²) in [6.45, 7) is 8.05. The standard InChI is InChI=1S/C20H26N4OS.2H2/c1-5-7-18(24-26(25)20(2,3)4)17-9-6-8-16(22-17)14-10-11-15-13-21-23-19(15)12-14;;/h6,8-13,18,24H,5,7H2,1-4H3,(H,21,23);2*1H/t18-,26?;;/m0../s1. The van der Waals surface area contributed by atoms with Gasteiger partial charge >= 0.3 is 0 Å². The van der Waals surface area contributed by atoms with E-state index in [1.165, 1.54) is 0 Å². The molecule has 0 spiro atoms. The van der Waals surface area contributed by atoms with Gasteiger partial charge in [-0.2, -0.15) is 5.10 Å². The zero-order valence-corrected chi connectivity index (χ0v) is 16.6. The van der Waals surface area contributed by atoms with Crippen LogP contribution in [0.1, 0.15) is 55.1 Å². The van der Waals surface area contributed by atoms with E-state index < -0.39 is 11.0 Å². The summed E-state index contributed by atoms with van der Waals surface area (Å²) < 4.78 is 15.5. The molecule has 0 aliphatic carbocycles. The molecule has 0 radical (unpaired) electrons. The van der Waals surface area contributed by atoms with Gasteiger partial charge < -0.3 is 0 Å². The number of fused-ring (bicyclic) bond motifs is 1. The fourth-order valence-electron chi connectivity index (χ4n) is 2.76. The molecule has 3 rings (SSSR count). The molecule has 0 bridgehead atoms. The molecule has 0 amide bonds. The van der Waals surface area contributed by atoms with Crippen LogP contribution in [0, 0.1) is 0 Å². The molecule has 2 heterocycles. The van der Waals surface area contributed by atoms with Crippen molar-refractivity contribution < 1.29 is 7.06 Å². The molecule has 6 heteroatoms. The highest BCUT2D eigenvalue weighted by molar-refractivity contribution is 7.84. The average Bonchev–Trinajstić information content (AvgIpc) is 3.08. The minimum Gasteiger partial charge on any atom is -0.278 e. The summed E-state index contributed by atoms with van der Waals surface area (Å²) in [5, 5.41) is 8.15. The number of nitrogens with zero attached hydrogens (tertiary/aromatic N) is 2. The number of pyridine rings is 1. The minimum atomic E-state index is -1.14. The predicted molar refractivity (Wildman–Crippen MR) is 112 cm³/mol. The molecule has 0 saturated heterocycles. The van der Waals surface area contributed by atoms with Crippen LogP contribution in [0.2, 0.25) is 0 Å². The van der Waals surface area contributed by atoms with Gasteiger partial charge in [0.05, 0.1) is 44.9 Å². The molecule has 0 fully saturated rings. The van der Waals surface area contributed by atoms with Crippen LogP contribution in [-0.2, 0) is 11.0 Å². The molecule has 26 heavy (non-hydrogen) atoms. The van der Waals surface area contributed by atoms with Gasteiger partial charge in [-0.25, -0.2) is 8.93 Å². The molecule has 0 saturated carbocycles. The van der Waals surface area contributed by atoms with Crippen molar-refractivity contribution in [3.05, 3.63) is 48.3 Å². The highest BCUT2D eigenvalue weighted by Gasteiger charge is 2.24. The molecule has 0 aliphatic heterocycles.